The Morgan fingerprint density at radius 3 is 2.24 bits per heavy atom. The van der Waals surface area contributed by atoms with E-state index < -0.39 is 5.54 Å². The van der Waals surface area contributed by atoms with Crippen LogP contribution in [-0.4, -0.2) is 34.3 Å². The van der Waals surface area contributed by atoms with Crippen LogP contribution in [0.3, 0.4) is 0 Å². The van der Waals surface area contributed by atoms with E-state index >= 15 is 0 Å². The number of hydrogen-bond donors (Lipinski definition) is 1. The topological polar surface area (TPSA) is 49.4 Å². The van der Waals surface area contributed by atoms with E-state index in [0.717, 1.165) is 38.5 Å². The summed E-state index contributed by atoms with van der Waals surface area (Å²) in [6.45, 7) is 4.10. The van der Waals surface area contributed by atoms with Gasteiger partial charge in [0.05, 0.1) is 0 Å². The molecule has 2 aliphatic carbocycles. The number of nitrogens with one attached hydrogen (secondary N) is 1. The SMILES string of the molecule is CC(C)N1C(=O)C(C2CCCCC2)NC(=O)C12CCCC2. The first-order valence-corrected chi connectivity index (χ1v) is 8.70. The maximum absolute atomic E-state index is 13.1. The molecule has 0 aromatic heterocycles. The number of carbonyl (C=O) groups excluding carboxylic acids is 2. The molecule has 4 heteroatoms. The Kier molecular flexibility index (Phi) is 3.98. The fourth-order valence-electron chi connectivity index (χ4n) is 4.77. The van der Waals surface area contributed by atoms with Crippen molar-refractivity contribution in [3.63, 3.8) is 0 Å². The normalized spacial score (nSPS) is 30.2. The van der Waals surface area contributed by atoms with E-state index in [1.807, 2.05) is 4.90 Å². The van der Waals surface area contributed by atoms with Crippen LogP contribution < -0.4 is 5.32 Å². The molecule has 3 rings (SSSR count). The van der Waals surface area contributed by atoms with Crippen LogP contribution in [0.25, 0.3) is 0 Å². The van der Waals surface area contributed by atoms with Crippen molar-refractivity contribution < 1.29 is 9.59 Å². The predicted molar refractivity (Wildman–Crippen MR) is 81.7 cm³/mol. The molecule has 0 bridgehead atoms. The standard InChI is InChI=1S/C17H28N2O2/c1-12(2)19-15(20)14(13-8-4-3-5-9-13)18-16(21)17(19)10-6-7-11-17/h12-14H,3-11H2,1-2H3,(H,18,21). The average Bonchev–Trinajstić information content (AvgIpc) is 2.94. The smallest absolute Gasteiger partial charge is 0.246 e. The molecule has 1 aliphatic heterocycles. The second-order valence-corrected chi connectivity index (χ2v) is 7.39. The summed E-state index contributed by atoms with van der Waals surface area (Å²) in [5, 5.41) is 3.12. The summed E-state index contributed by atoms with van der Waals surface area (Å²) in [5.41, 5.74) is -0.545. The molecule has 3 aliphatic rings. The van der Waals surface area contributed by atoms with Gasteiger partial charge in [-0.1, -0.05) is 32.1 Å². The van der Waals surface area contributed by atoms with Gasteiger partial charge in [0.15, 0.2) is 0 Å². The number of hydrogen-bond acceptors (Lipinski definition) is 2. The first-order chi connectivity index (χ1) is 10.1. The summed E-state index contributed by atoms with van der Waals surface area (Å²) in [6, 6.07) is -0.167. The van der Waals surface area contributed by atoms with Crippen LogP contribution in [0.1, 0.15) is 71.6 Å². The maximum atomic E-state index is 13.1. The van der Waals surface area contributed by atoms with Crippen LogP contribution in [0.2, 0.25) is 0 Å². The Morgan fingerprint density at radius 1 is 1.05 bits per heavy atom. The van der Waals surface area contributed by atoms with Crippen LogP contribution in [0.4, 0.5) is 0 Å². The van der Waals surface area contributed by atoms with Gasteiger partial charge < -0.3 is 10.2 Å². The Morgan fingerprint density at radius 2 is 1.67 bits per heavy atom. The molecule has 1 unspecified atom stereocenters. The highest BCUT2D eigenvalue weighted by atomic mass is 16.2. The lowest BCUT2D eigenvalue weighted by Gasteiger charge is -2.50. The minimum Gasteiger partial charge on any atom is -0.342 e. The van der Waals surface area contributed by atoms with E-state index in [0.29, 0.717) is 5.92 Å². The van der Waals surface area contributed by atoms with Gasteiger partial charge in [-0.2, -0.15) is 0 Å². The van der Waals surface area contributed by atoms with Gasteiger partial charge in [-0.3, -0.25) is 9.59 Å². The number of piperazine rings is 1. The van der Waals surface area contributed by atoms with Crippen molar-refractivity contribution in [1.29, 1.82) is 0 Å². The Hall–Kier alpha value is -1.06. The molecule has 0 radical (unpaired) electrons. The molecule has 21 heavy (non-hydrogen) atoms. The van der Waals surface area contributed by atoms with Crippen molar-refractivity contribution in [2.45, 2.75) is 89.3 Å². The molecule has 0 aromatic rings. The highest BCUT2D eigenvalue weighted by Gasteiger charge is 2.55. The summed E-state index contributed by atoms with van der Waals surface area (Å²) in [7, 11) is 0. The maximum Gasteiger partial charge on any atom is 0.246 e. The van der Waals surface area contributed by atoms with Crippen molar-refractivity contribution in [3.05, 3.63) is 0 Å². The van der Waals surface area contributed by atoms with Crippen molar-refractivity contribution in [2.75, 3.05) is 0 Å². The number of nitrogens with zero attached hydrogens (tertiary/aromatic N) is 1. The summed E-state index contributed by atoms with van der Waals surface area (Å²) < 4.78 is 0. The third-order valence-electron chi connectivity index (χ3n) is 5.74. The highest BCUT2D eigenvalue weighted by molar-refractivity contribution is 6.00. The molecule has 1 spiro atoms. The van der Waals surface area contributed by atoms with E-state index in [1.54, 1.807) is 0 Å². The molecular weight excluding hydrogens is 264 g/mol. The van der Waals surface area contributed by atoms with Crippen molar-refractivity contribution in [1.82, 2.24) is 10.2 Å². The summed E-state index contributed by atoms with van der Waals surface area (Å²) >= 11 is 0. The molecule has 1 atom stereocenters. The molecule has 0 aromatic carbocycles. The lowest BCUT2D eigenvalue weighted by atomic mass is 9.79. The second-order valence-electron chi connectivity index (χ2n) is 7.39. The van der Waals surface area contributed by atoms with Crippen molar-refractivity contribution in [2.24, 2.45) is 5.92 Å². The van der Waals surface area contributed by atoms with Gasteiger partial charge >= 0.3 is 0 Å². The Bertz CT molecular complexity index is 421. The van der Waals surface area contributed by atoms with Crippen molar-refractivity contribution >= 4 is 11.8 Å². The molecule has 2 amide bonds. The summed E-state index contributed by atoms with van der Waals surface area (Å²) in [5.74, 6) is 0.637. The monoisotopic (exact) mass is 292 g/mol. The van der Waals surface area contributed by atoms with Gasteiger partial charge in [0.2, 0.25) is 11.8 Å². The number of rotatable bonds is 2. The van der Waals surface area contributed by atoms with E-state index in [9.17, 15) is 9.59 Å². The summed E-state index contributed by atoms with van der Waals surface area (Å²) in [4.78, 5) is 27.9. The molecule has 4 nitrogen and oxygen atoms in total. The first kappa shape index (κ1) is 14.9. The van der Waals surface area contributed by atoms with Crippen LogP contribution >= 0.6 is 0 Å². The van der Waals surface area contributed by atoms with Crippen LogP contribution in [0.15, 0.2) is 0 Å². The molecule has 1 heterocycles. The zero-order valence-corrected chi connectivity index (χ0v) is 13.4. The first-order valence-electron chi connectivity index (χ1n) is 8.70. The van der Waals surface area contributed by atoms with Gasteiger partial charge in [-0.25, -0.2) is 0 Å². The van der Waals surface area contributed by atoms with Gasteiger partial charge in [0, 0.05) is 6.04 Å². The van der Waals surface area contributed by atoms with Gasteiger partial charge in [-0.15, -0.1) is 0 Å². The molecule has 3 fully saturated rings. The lowest BCUT2D eigenvalue weighted by molar-refractivity contribution is -0.162. The third kappa shape index (κ3) is 2.36. The van der Waals surface area contributed by atoms with Crippen molar-refractivity contribution in [3.8, 4) is 0 Å². The molecule has 1 saturated heterocycles. The molecule has 118 valence electrons. The minimum atomic E-state index is -0.545. The zero-order valence-electron chi connectivity index (χ0n) is 13.4. The second kappa shape index (κ2) is 5.62. The average molecular weight is 292 g/mol. The van der Waals surface area contributed by atoms with E-state index in [2.05, 4.69) is 19.2 Å². The van der Waals surface area contributed by atoms with E-state index in [1.165, 1.54) is 19.3 Å². The molecule has 1 N–H and O–H groups in total. The van der Waals surface area contributed by atoms with Gasteiger partial charge in [0.25, 0.3) is 0 Å². The Balaban J connectivity index is 1.87. The van der Waals surface area contributed by atoms with E-state index in [-0.39, 0.29) is 23.9 Å². The lowest BCUT2D eigenvalue weighted by Crippen LogP contribution is -2.72. The van der Waals surface area contributed by atoms with Gasteiger partial charge in [0.1, 0.15) is 11.6 Å². The minimum absolute atomic E-state index is 0.104. The third-order valence-corrected chi connectivity index (χ3v) is 5.74. The fourth-order valence-corrected chi connectivity index (χ4v) is 4.77. The molecule has 2 saturated carbocycles. The number of amides is 2. The van der Waals surface area contributed by atoms with Gasteiger partial charge in [-0.05, 0) is 45.4 Å². The zero-order chi connectivity index (χ0) is 15.0. The summed E-state index contributed by atoms with van der Waals surface area (Å²) in [6.07, 6.45) is 9.58. The number of carbonyl (C=O) groups is 2. The van der Waals surface area contributed by atoms with Crippen LogP contribution in [0, 0.1) is 5.92 Å². The van der Waals surface area contributed by atoms with E-state index in [4.69, 9.17) is 0 Å². The Labute approximate surface area is 127 Å². The van der Waals surface area contributed by atoms with Crippen LogP contribution in [-0.2, 0) is 9.59 Å². The molecular formula is C17H28N2O2. The highest BCUT2D eigenvalue weighted by Crippen LogP contribution is 2.41. The largest absolute Gasteiger partial charge is 0.342 e. The fraction of sp³-hybridized carbons (Fsp3) is 0.882. The van der Waals surface area contributed by atoms with Crippen LogP contribution in [0.5, 0.6) is 0 Å². The quantitative estimate of drug-likeness (QED) is 0.850. The predicted octanol–water partition coefficient (Wildman–Crippen LogP) is 2.61.